The van der Waals surface area contributed by atoms with Gasteiger partial charge in [0.2, 0.25) is 11.8 Å². The van der Waals surface area contributed by atoms with Crippen LogP contribution >= 0.6 is 0 Å². The van der Waals surface area contributed by atoms with Gasteiger partial charge >= 0.3 is 0 Å². The van der Waals surface area contributed by atoms with Crippen molar-refractivity contribution in [1.82, 2.24) is 20.0 Å². The average Bonchev–Trinajstić information content (AvgIpc) is 3.45. The number of fused-ring (bicyclic) bond motifs is 1. The fourth-order valence-electron chi connectivity index (χ4n) is 4.65. The highest BCUT2D eigenvalue weighted by Gasteiger charge is 2.32. The second-order valence-electron chi connectivity index (χ2n) is 8.59. The molecule has 3 aromatic rings. The van der Waals surface area contributed by atoms with E-state index in [1.54, 1.807) is 9.58 Å². The third-order valence-corrected chi connectivity index (χ3v) is 6.39. The highest BCUT2D eigenvalue weighted by Crippen LogP contribution is 2.35. The largest absolute Gasteiger partial charge is 0.488 e. The normalized spacial score (nSPS) is 19.2. The van der Waals surface area contributed by atoms with Gasteiger partial charge in [-0.3, -0.25) is 24.4 Å². The van der Waals surface area contributed by atoms with Gasteiger partial charge in [0, 0.05) is 50.9 Å². The van der Waals surface area contributed by atoms with Crippen LogP contribution in [-0.4, -0.2) is 51.6 Å². The van der Waals surface area contributed by atoms with Crippen molar-refractivity contribution in [1.29, 1.82) is 5.26 Å². The predicted octanol–water partition coefficient (Wildman–Crippen LogP) is 2.24. The molecule has 1 atom stereocenters. The summed E-state index contributed by atoms with van der Waals surface area (Å²) in [5.41, 5.74) is 1.76. The minimum atomic E-state index is -0.478. The van der Waals surface area contributed by atoms with E-state index < -0.39 is 5.92 Å². The highest BCUT2D eigenvalue weighted by molar-refractivity contribution is 6.03. The number of ether oxygens (including phenoxy) is 1. The Morgan fingerprint density at radius 3 is 2.76 bits per heavy atom. The standard InChI is InChI=1S/C24H23N5O5/c1-28-22-16(21(27-28)17-5-6-20(30)26-23(17)31)3-2-4-18(22)34-15-7-9-29(10-8-15)24(32)19-11-14(12-25)13-33-19/h2-4,11,13,15,17H,5-10H2,1H3,(H,26,30,31). The molecule has 0 saturated carbocycles. The molecule has 2 saturated heterocycles. The molecule has 0 aliphatic carbocycles. The molecule has 0 bridgehead atoms. The Hall–Kier alpha value is -4.13. The maximum absolute atomic E-state index is 12.6. The summed E-state index contributed by atoms with van der Waals surface area (Å²) in [5, 5.41) is 16.7. The highest BCUT2D eigenvalue weighted by atomic mass is 16.5. The van der Waals surface area contributed by atoms with Gasteiger partial charge in [-0.1, -0.05) is 12.1 Å². The molecule has 174 valence electrons. The van der Waals surface area contributed by atoms with Crippen molar-refractivity contribution in [2.45, 2.75) is 37.7 Å². The van der Waals surface area contributed by atoms with E-state index in [0.717, 1.165) is 10.9 Å². The number of likely N-dealkylation sites (tertiary alicyclic amines) is 1. The van der Waals surface area contributed by atoms with Gasteiger partial charge in [0.25, 0.3) is 5.91 Å². The lowest BCUT2D eigenvalue weighted by molar-refractivity contribution is -0.134. The number of aryl methyl sites for hydroxylation is 1. The molecule has 0 radical (unpaired) electrons. The first-order chi connectivity index (χ1) is 16.4. The molecule has 34 heavy (non-hydrogen) atoms. The van der Waals surface area contributed by atoms with Gasteiger partial charge in [0.15, 0.2) is 5.76 Å². The Morgan fingerprint density at radius 1 is 1.26 bits per heavy atom. The molecule has 4 heterocycles. The summed E-state index contributed by atoms with van der Waals surface area (Å²) in [7, 11) is 1.81. The van der Waals surface area contributed by atoms with Crippen LogP contribution in [0, 0.1) is 11.3 Å². The second kappa shape index (κ2) is 8.67. The van der Waals surface area contributed by atoms with Gasteiger partial charge in [0.05, 0.1) is 17.2 Å². The van der Waals surface area contributed by atoms with Gasteiger partial charge in [-0.25, -0.2) is 0 Å². The Balaban J connectivity index is 1.30. The number of imide groups is 1. The number of aromatic nitrogens is 2. The van der Waals surface area contributed by atoms with E-state index in [1.807, 2.05) is 31.3 Å². The summed E-state index contributed by atoms with van der Waals surface area (Å²) >= 11 is 0. The third-order valence-electron chi connectivity index (χ3n) is 6.39. The molecular weight excluding hydrogens is 438 g/mol. The molecule has 2 aliphatic heterocycles. The molecule has 0 spiro atoms. The molecule has 5 rings (SSSR count). The van der Waals surface area contributed by atoms with Crippen LogP contribution in [0.4, 0.5) is 0 Å². The first kappa shape index (κ1) is 21.7. The molecular formula is C24H23N5O5. The SMILES string of the molecule is Cn1nc(C2CCC(=O)NC2=O)c2cccc(OC3CCN(C(=O)c4cc(C#N)co4)CC3)c21. The number of carbonyl (C=O) groups excluding carboxylic acids is 3. The molecule has 1 N–H and O–H groups in total. The lowest BCUT2D eigenvalue weighted by atomic mass is 9.93. The van der Waals surface area contributed by atoms with Crippen molar-refractivity contribution in [2.75, 3.05) is 13.1 Å². The number of nitriles is 1. The molecule has 2 aromatic heterocycles. The molecule has 2 aliphatic rings. The van der Waals surface area contributed by atoms with Crippen molar-refractivity contribution >= 4 is 28.6 Å². The quantitative estimate of drug-likeness (QED) is 0.590. The van der Waals surface area contributed by atoms with Gasteiger partial charge in [-0.2, -0.15) is 10.4 Å². The van der Waals surface area contributed by atoms with E-state index in [2.05, 4.69) is 10.4 Å². The zero-order chi connectivity index (χ0) is 23.8. The van der Waals surface area contributed by atoms with Crippen LogP contribution in [0.25, 0.3) is 10.9 Å². The third kappa shape index (κ3) is 3.90. The molecule has 1 unspecified atom stereocenters. The van der Waals surface area contributed by atoms with Gasteiger partial charge in [-0.15, -0.1) is 0 Å². The van der Waals surface area contributed by atoms with E-state index in [-0.39, 0.29) is 36.0 Å². The van der Waals surface area contributed by atoms with Crippen LogP contribution in [-0.2, 0) is 16.6 Å². The van der Waals surface area contributed by atoms with E-state index in [0.29, 0.717) is 49.4 Å². The van der Waals surface area contributed by atoms with Crippen LogP contribution in [0.1, 0.15) is 53.4 Å². The van der Waals surface area contributed by atoms with Crippen molar-refractivity contribution in [2.24, 2.45) is 7.05 Å². The smallest absolute Gasteiger partial charge is 0.289 e. The Labute approximate surface area is 195 Å². The number of furan rings is 1. The second-order valence-corrected chi connectivity index (χ2v) is 8.59. The number of benzene rings is 1. The Bertz CT molecular complexity index is 1330. The molecule has 1 aromatic carbocycles. The van der Waals surface area contributed by atoms with E-state index in [1.165, 1.54) is 12.3 Å². The van der Waals surface area contributed by atoms with E-state index in [9.17, 15) is 14.4 Å². The van der Waals surface area contributed by atoms with Crippen LogP contribution in [0.5, 0.6) is 5.75 Å². The number of rotatable bonds is 4. The summed E-state index contributed by atoms with van der Waals surface area (Å²) in [4.78, 5) is 38.3. The van der Waals surface area contributed by atoms with Crippen molar-refractivity contribution in [3.8, 4) is 11.8 Å². The minimum absolute atomic E-state index is 0.0881. The topological polar surface area (TPSA) is 130 Å². The average molecular weight is 461 g/mol. The number of nitrogens with one attached hydrogen (secondary N) is 1. The number of amides is 3. The number of hydrogen-bond acceptors (Lipinski definition) is 7. The molecule has 3 amide bonds. The van der Waals surface area contributed by atoms with Crippen molar-refractivity contribution < 1.29 is 23.5 Å². The fraction of sp³-hybridized carbons (Fsp3) is 0.375. The number of para-hydroxylation sites is 1. The number of hydrogen-bond donors (Lipinski definition) is 1. The maximum atomic E-state index is 12.6. The number of carbonyl (C=O) groups is 3. The van der Waals surface area contributed by atoms with Crippen LogP contribution in [0.2, 0.25) is 0 Å². The van der Waals surface area contributed by atoms with Crippen LogP contribution < -0.4 is 10.1 Å². The van der Waals surface area contributed by atoms with E-state index in [4.69, 9.17) is 14.4 Å². The first-order valence-electron chi connectivity index (χ1n) is 11.2. The molecule has 10 heteroatoms. The molecule has 2 fully saturated rings. The Morgan fingerprint density at radius 2 is 2.06 bits per heavy atom. The zero-order valence-electron chi connectivity index (χ0n) is 18.6. The maximum Gasteiger partial charge on any atom is 0.289 e. The van der Waals surface area contributed by atoms with Crippen LogP contribution in [0.15, 0.2) is 34.9 Å². The summed E-state index contributed by atoms with van der Waals surface area (Å²) < 4.78 is 13.3. The number of piperidine rings is 2. The summed E-state index contributed by atoms with van der Waals surface area (Å²) in [6, 6.07) is 9.07. The summed E-state index contributed by atoms with van der Waals surface area (Å²) in [6.45, 7) is 1.02. The predicted molar refractivity (Wildman–Crippen MR) is 119 cm³/mol. The lowest BCUT2D eigenvalue weighted by Crippen LogP contribution is -2.41. The number of nitrogens with zero attached hydrogens (tertiary/aromatic N) is 4. The summed E-state index contributed by atoms with van der Waals surface area (Å²) in [5.74, 6) is -0.459. The van der Waals surface area contributed by atoms with Crippen LogP contribution in [0.3, 0.4) is 0 Å². The fourth-order valence-corrected chi connectivity index (χ4v) is 4.65. The van der Waals surface area contributed by atoms with E-state index >= 15 is 0 Å². The minimum Gasteiger partial charge on any atom is -0.488 e. The van der Waals surface area contributed by atoms with Gasteiger partial charge in [0.1, 0.15) is 29.7 Å². The Kier molecular flexibility index (Phi) is 5.53. The first-order valence-corrected chi connectivity index (χ1v) is 11.2. The van der Waals surface area contributed by atoms with Gasteiger partial charge < -0.3 is 14.1 Å². The van der Waals surface area contributed by atoms with Crippen molar-refractivity contribution in [3.05, 3.63) is 47.5 Å². The lowest BCUT2D eigenvalue weighted by Gasteiger charge is -2.31. The van der Waals surface area contributed by atoms with Crippen molar-refractivity contribution in [3.63, 3.8) is 0 Å². The molecule has 10 nitrogen and oxygen atoms in total. The zero-order valence-corrected chi connectivity index (χ0v) is 18.6. The monoisotopic (exact) mass is 461 g/mol. The summed E-state index contributed by atoms with van der Waals surface area (Å²) in [6.07, 6.45) is 3.20. The van der Waals surface area contributed by atoms with Gasteiger partial charge in [-0.05, 0) is 12.5 Å².